The maximum atomic E-state index is 5.80. The molecule has 3 rings (SSSR count). The van der Waals surface area contributed by atoms with Crippen LogP contribution in [0.2, 0.25) is 0 Å². The fourth-order valence-electron chi connectivity index (χ4n) is 3.08. The van der Waals surface area contributed by atoms with Gasteiger partial charge in [0.1, 0.15) is 0 Å². The Labute approximate surface area is 119 Å². The first kappa shape index (κ1) is 14.0. The summed E-state index contributed by atoms with van der Waals surface area (Å²) in [5, 5.41) is 8.12. The fraction of sp³-hybridized carbons (Fsp3) is 0.857. The van der Waals surface area contributed by atoms with Gasteiger partial charge in [0, 0.05) is 18.9 Å². The lowest BCUT2D eigenvalue weighted by Crippen LogP contribution is -2.46. The van der Waals surface area contributed by atoms with Gasteiger partial charge in [0.25, 0.3) is 0 Å². The molecule has 6 heteroatoms. The standard InChI is InChI=1S/C14H23N3O3/c1-3-12-15-16-13(20-12)10-17-6-4-5-11(9-17)14(2)18-7-8-19-14/h11H,3-10H2,1-2H3/t11-/m0/s1. The summed E-state index contributed by atoms with van der Waals surface area (Å²) in [4.78, 5) is 2.36. The highest BCUT2D eigenvalue weighted by Gasteiger charge is 2.41. The van der Waals surface area contributed by atoms with Crippen LogP contribution in [0.1, 0.15) is 38.5 Å². The van der Waals surface area contributed by atoms with E-state index >= 15 is 0 Å². The molecule has 1 aromatic rings. The number of aromatic nitrogens is 2. The molecule has 20 heavy (non-hydrogen) atoms. The SMILES string of the molecule is CCc1nnc(CN2CCC[C@H](C3(C)OCCO3)C2)o1. The van der Waals surface area contributed by atoms with Crippen LogP contribution in [0, 0.1) is 5.92 Å². The molecule has 0 aliphatic carbocycles. The van der Waals surface area contributed by atoms with Crippen molar-refractivity contribution in [2.45, 2.75) is 45.4 Å². The predicted octanol–water partition coefficient (Wildman–Crippen LogP) is 1.61. The van der Waals surface area contributed by atoms with E-state index in [0.717, 1.165) is 38.9 Å². The third kappa shape index (κ3) is 2.87. The number of hydrogen-bond donors (Lipinski definition) is 0. The van der Waals surface area contributed by atoms with Gasteiger partial charge in [-0.15, -0.1) is 10.2 Å². The molecule has 2 aliphatic rings. The third-order valence-corrected chi connectivity index (χ3v) is 4.28. The molecule has 0 aromatic carbocycles. The second-order valence-corrected chi connectivity index (χ2v) is 5.73. The zero-order valence-electron chi connectivity index (χ0n) is 12.3. The topological polar surface area (TPSA) is 60.6 Å². The monoisotopic (exact) mass is 281 g/mol. The van der Waals surface area contributed by atoms with E-state index in [1.807, 2.05) is 6.92 Å². The van der Waals surface area contributed by atoms with Gasteiger partial charge >= 0.3 is 0 Å². The van der Waals surface area contributed by atoms with Gasteiger partial charge in [0.15, 0.2) is 5.79 Å². The van der Waals surface area contributed by atoms with Gasteiger partial charge in [-0.3, -0.25) is 4.90 Å². The molecule has 2 aliphatic heterocycles. The normalized spacial score (nSPS) is 27.0. The molecule has 2 saturated heterocycles. The van der Waals surface area contributed by atoms with Gasteiger partial charge in [-0.05, 0) is 26.3 Å². The van der Waals surface area contributed by atoms with Crippen molar-refractivity contribution in [1.82, 2.24) is 15.1 Å². The van der Waals surface area contributed by atoms with E-state index in [9.17, 15) is 0 Å². The minimum absolute atomic E-state index is 0.410. The molecule has 0 bridgehead atoms. The number of likely N-dealkylation sites (tertiary alicyclic amines) is 1. The number of ether oxygens (including phenoxy) is 2. The average Bonchev–Trinajstić information content (AvgIpc) is 3.09. The quantitative estimate of drug-likeness (QED) is 0.835. The van der Waals surface area contributed by atoms with Crippen molar-refractivity contribution in [2.75, 3.05) is 26.3 Å². The van der Waals surface area contributed by atoms with Gasteiger partial charge in [-0.25, -0.2) is 0 Å². The largest absolute Gasteiger partial charge is 0.424 e. The number of aryl methyl sites for hydroxylation is 1. The van der Waals surface area contributed by atoms with E-state index in [-0.39, 0.29) is 0 Å². The lowest BCUT2D eigenvalue weighted by Gasteiger charge is -2.39. The number of hydrogen-bond acceptors (Lipinski definition) is 6. The molecule has 0 unspecified atom stereocenters. The van der Waals surface area contributed by atoms with Crippen molar-refractivity contribution < 1.29 is 13.9 Å². The Hall–Kier alpha value is -0.980. The van der Waals surface area contributed by atoms with Crippen LogP contribution in [0.15, 0.2) is 4.42 Å². The molecule has 1 atom stereocenters. The molecule has 6 nitrogen and oxygen atoms in total. The Bertz CT molecular complexity index is 443. The maximum Gasteiger partial charge on any atom is 0.230 e. The minimum atomic E-state index is -0.415. The number of nitrogens with zero attached hydrogens (tertiary/aromatic N) is 3. The molecule has 0 spiro atoms. The van der Waals surface area contributed by atoms with Crippen LogP contribution in [0.4, 0.5) is 0 Å². The van der Waals surface area contributed by atoms with Crippen molar-refractivity contribution in [2.24, 2.45) is 5.92 Å². The van der Waals surface area contributed by atoms with Crippen LogP contribution in [0.5, 0.6) is 0 Å². The van der Waals surface area contributed by atoms with E-state index in [1.165, 1.54) is 0 Å². The maximum absolute atomic E-state index is 5.80. The minimum Gasteiger partial charge on any atom is -0.424 e. The van der Waals surface area contributed by atoms with Crippen molar-refractivity contribution in [3.05, 3.63) is 11.8 Å². The highest BCUT2D eigenvalue weighted by atomic mass is 16.7. The molecule has 0 N–H and O–H groups in total. The third-order valence-electron chi connectivity index (χ3n) is 4.28. The number of piperidine rings is 1. The summed E-state index contributed by atoms with van der Waals surface area (Å²) in [5.41, 5.74) is 0. The Morgan fingerprint density at radius 3 is 2.70 bits per heavy atom. The first-order valence-electron chi connectivity index (χ1n) is 7.51. The first-order valence-corrected chi connectivity index (χ1v) is 7.51. The van der Waals surface area contributed by atoms with Crippen LogP contribution >= 0.6 is 0 Å². The molecule has 0 amide bonds. The predicted molar refractivity (Wildman–Crippen MR) is 72.0 cm³/mol. The van der Waals surface area contributed by atoms with Crippen LogP contribution in [-0.2, 0) is 22.4 Å². The summed E-state index contributed by atoms with van der Waals surface area (Å²) >= 11 is 0. The Kier molecular flexibility index (Phi) is 4.05. The second-order valence-electron chi connectivity index (χ2n) is 5.73. The Morgan fingerprint density at radius 2 is 2.00 bits per heavy atom. The molecule has 0 radical (unpaired) electrons. The highest BCUT2D eigenvalue weighted by Crippen LogP contribution is 2.34. The van der Waals surface area contributed by atoms with E-state index in [1.54, 1.807) is 0 Å². The van der Waals surface area contributed by atoms with E-state index in [4.69, 9.17) is 13.9 Å². The zero-order valence-corrected chi connectivity index (χ0v) is 12.3. The summed E-state index contributed by atoms with van der Waals surface area (Å²) in [6, 6.07) is 0. The molecule has 112 valence electrons. The molecular weight excluding hydrogens is 258 g/mol. The summed E-state index contributed by atoms with van der Waals surface area (Å²) in [6.07, 6.45) is 3.09. The van der Waals surface area contributed by atoms with Gasteiger partial charge in [0.05, 0.1) is 19.8 Å². The van der Waals surface area contributed by atoms with Crippen molar-refractivity contribution >= 4 is 0 Å². The Morgan fingerprint density at radius 1 is 1.25 bits per heavy atom. The Balaban J connectivity index is 1.60. The molecular formula is C14H23N3O3. The smallest absolute Gasteiger partial charge is 0.230 e. The van der Waals surface area contributed by atoms with E-state index in [2.05, 4.69) is 22.0 Å². The second kappa shape index (κ2) is 5.79. The average molecular weight is 281 g/mol. The summed E-state index contributed by atoms with van der Waals surface area (Å²) in [5.74, 6) is 1.42. The van der Waals surface area contributed by atoms with Crippen molar-refractivity contribution in [3.8, 4) is 0 Å². The van der Waals surface area contributed by atoms with Crippen LogP contribution < -0.4 is 0 Å². The van der Waals surface area contributed by atoms with Gasteiger partial charge in [-0.1, -0.05) is 6.92 Å². The van der Waals surface area contributed by atoms with Gasteiger partial charge in [-0.2, -0.15) is 0 Å². The summed E-state index contributed by atoms with van der Waals surface area (Å²) in [6.45, 7) is 8.24. The van der Waals surface area contributed by atoms with Crippen molar-refractivity contribution in [3.63, 3.8) is 0 Å². The lowest BCUT2D eigenvalue weighted by molar-refractivity contribution is -0.192. The lowest BCUT2D eigenvalue weighted by atomic mass is 9.90. The van der Waals surface area contributed by atoms with Crippen molar-refractivity contribution in [1.29, 1.82) is 0 Å². The van der Waals surface area contributed by atoms with E-state index < -0.39 is 5.79 Å². The zero-order chi connectivity index (χ0) is 14.0. The summed E-state index contributed by atoms with van der Waals surface area (Å²) in [7, 11) is 0. The van der Waals surface area contributed by atoms with Crippen LogP contribution in [-0.4, -0.2) is 47.2 Å². The van der Waals surface area contributed by atoms with Gasteiger partial charge < -0.3 is 13.9 Å². The summed E-state index contributed by atoms with van der Waals surface area (Å²) < 4.78 is 17.2. The molecule has 1 aromatic heterocycles. The fourth-order valence-corrected chi connectivity index (χ4v) is 3.08. The highest BCUT2D eigenvalue weighted by molar-refractivity contribution is 4.87. The van der Waals surface area contributed by atoms with Crippen LogP contribution in [0.25, 0.3) is 0 Å². The molecule has 2 fully saturated rings. The first-order chi connectivity index (χ1) is 9.69. The molecule has 3 heterocycles. The van der Waals surface area contributed by atoms with Crippen LogP contribution in [0.3, 0.4) is 0 Å². The van der Waals surface area contributed by atoms with Gasteiger partial charge in [0.2, 0.25) is 11.8 Å². The molecule has 0 saturated carbocycles. The number of rotatable bonds is 4. The van der Waals surface area contributed by atoms with E-state index in [0.29, 0.717) is 30.9 Å².